The van der Waals surface area contributed by atoms with Gasteiger partial charge in [-0.05, 0) is 44.7 Å². The van der Waals surface area contributed by atoms with Crippen LogP contribution in [0.3, 0.4) is 0 Å². The van der Waals surface area contributed by atoms with Crippen LogP contribution in [0.15, 0.2) is 0 Å². The molecule has 1 fully saturated rings. The van der Waals surface area contributed by atoms with Crippen LogP contribution < -0.4 is 11.1 Å². The molecule has 2 atom stereocenters. The second kappa shape index (κ2) is 4.73. The summed E-state index contributed by atoms with van der Waals surface area (Å²) in [6, 6.07) is 0.430. The fourth-order valence-electron chi connectivity index (χ4n) is 1.72. The van der Waals surface area contributed by atoms with E-state index >= 15 is 0 Å². The van der Waals surface area contributed by atoms with Crippen molar-refractivity contribution in [3.63, 3.8) is 0 Å². The summed E-state index contributed by atoms with van der Waals surface area (Å²) < 4.78 is 0. The highest BCUT2D eigenvalue weighted by atomic mass is 14.9. The lowest BCUT2D eigenvalue weighted by Crippen LogP contribution is -2.33. The molecule has 1 rings (SSSR count). The van der Waals surface area contributed by atoms with Gasteiger partial charge in [0.25, 0.3) is 0 Å². The first-order valence-corrected chi connectivity index (χ1v) is 4.79. The largest absolute Gasteiger partial charge is 0.328 e. The van der Waals surface area contributed by atoms with Gasteiger partial charge in [-0.2, -0.15) is 0 Å². The van der Waals surface area contributed by atoms with E-state index in [2.05, 4.69) is 12.2 Å². The highest BCUT2D eigenvalue weighted by molar-refractivity contribution is 4.73. The molecule has 0 radical (unpaired) electrons. The Morgan fingerprint density at radius 1 is 1.64 bits per heavy atom. The number of nitrogens with two attached hydrogens (primary N) is 1. The van der Waals surface area contributed by atoms with E-state index in [1.165, 1.54) is 32.4 Å². The zero-order valence-corrected chi connectivity index (χ0v) is 7.47. The second-order valence-electron chi connectivity index (χ2n) is 3.62. The Hall–Kier alpha value is -0.0800. The molecule has 0 aliphatic carbocycles. The summed E-state index contributed by atoms with van der Waals surface area (Å²) in [6.07, 6.45) is 5.04. The van der Waals surface area contributed by atoms with Gasteiger partial charge in [0.2, 0.25) is 0 Å². The Kier molecular flexibility index (Phi) is 3.87. The minimum atomic E-state index is 0.430. The lowest BCUT2D eigenvalue weighted by molar-refractivity contribution is 0.332. The van der Waals surface area contributed by atoms with Crippen molar-refractivity contribution in [3.05, 3.63) is 0 Å². The highest BCUT2D eigenvalue weighted by Gasteiger charge is 2.14. The normalized spacial score (nSPS) is 28.4. The summed E-state index contributed by atoms with van der Waals surface area (Å²) in [4.78, 5) is 0. The molecule has 1 heterocycles. The molecule has 11 heavy (non-hydrogen) atoms. The van der Waals surface area contributed by atoms with Crippen molar-refractivity contribution in [1.82, 2.24) is 5.32 Å². The first-order chi connectivity index (χ1) is 5.33. The van der Waals surface area contributed by atoms with Gasteiger partial charge >= 0.3 is 0 Å². The van der Waals surface area contributed by atoms with Gasteiger partial charge in [-0.3, -0.25) is 0 Å². The Bertz CT molecular complexity index is 97.7. The summed E-state index contributed by atoms with van der Waals surface area (Å²) in [5, 5.41) is 3.41. The van der Waals surface area contributed by atoms with E-state index in [1.54, 1.807) is 0 Å². The first-order valence-electron chi connectivity index (χ1n) is 4.79. The van der Waals surface area contributed by atoms with Crippen LogP contribution in [0.5, 0.6) is 0 Å². The van der Waals surface area contributed by atoms with Crippen molar-refractivity contribution in [2.75, 3.05) is 13.1 Å². The maximum atomic E-state index is 5.88. The van der Waals surface area contributed by atoms with Gasteiger partial charge in [0.1, 0.15) is 0 Å². The van der Waals surface area contributed by atoms with Crippen LogP contribution in [-0.2, 0) is 0 Å². The Balaban J connectivity index is 2.13. The van der Waals surface area contributed by atoms with Crippen LogP contribution >= 0.6 is 0 Å². The molecule has 2 nitrogen and oxygen atoms in total. The lowest BCUT2D eigenvalue weighted by atomic mass is 9.92. The molecule has 0 aromatic rings. The van der Waals surface area contributed by atoms with Crippen molar-refractivity contribution < 1.29 is 0 Å². The van der Waals surface area contributed by atoms with Crippen LogP contribution in [0.4, 0.5) is 0 Å². The van der Waals surface area contributed by atoms with Gasteiger partial charge in [0.05, 0.1) is 0 Å². The minimum Gasteiger partial charge on any atom is -0.328 e. The summed E-state index contributed by atoms with van der Waals surface area (Å²) >= 11 is 0. The van der Waals surface area contributed by atoms with Crippen molar-refractivity contribution in [3.8, 4) is 0 Å². The predicted octanol–water partition coefficient (Wildman–Crippen LogP) is 1.11. The van der Waals surface area contributed by atoms with E-state index in [9.17, 15) is 0 Å². The minimum absolute atomic E-state index is 0.430. The SMILES string of the molecule is CCC(N)CC1CCCNC1. The fourth-order valence-corrected chi connectivity index (χ4v) is 1.72. The lowest BCUT2D eigenvalue weighted by Gasteiger charge is -2.24. The average molecular weight is 156 g/mol. The number of piperidine rings is 1. The van der Waals surface area contributed by atoms with Crippen molar-refractivity contribution in [2.45, 2.75) is 38.6 Å². The summed E-state index contributed by atoms with van der Waals surface area (Å²) in [6.45, 7) is 4.56. The maximum absolute atomic E-state index is 5.88. The Morgan fingerprint density at radius 2 is 2.45 bits per heavy atom. The second-order valence-corrected chi connectivity index (χ2v) is 3.62. The third-order valence-electron chi connectivity index (χ3n) is 2.56. The van der Waals surface area contributed by atoms with E-state index in [-0.39, 0.29) is 0 Å². The number of nitrogens with one attached hydrogen (secondary N) is 1. The fraction of sp³-hybridized carbons (Fsp3) is 1.00. The Morgan fingerprint density at radius 3 is 3.00 bits per heavy atom. The Labute approximate surface area is 69.5 Å². The van der Waals surface area contributed by atoms with Crippen molar-refractivity contribution in [2.24, 2.45) is 11.7 Å². The standard InChI is InChI=1S/C9H20N2/c1-2-9(10)6-8-4-3-5-11-7-8/h8-9,11H,2-7,10H2,1H3. The van der Waals surface area contributed by atoms with Crippen molar-refractivity contribution >= 4 is 0 Å². The third kappa shape index (κ3) is 3.21. The van der Waals surface area contributed by atoms with Crippen LogP contribution in [0.1, 0.15) is 32.6 Å². The molecule has 1 aliphatic rings. The number of rotatable bonds is 3. The molecule has 3 N–H and O–H groups in total. The van der Waals surface area contributed by atoms with Gasteiger partial charge in [-0.25, -0.2) is 0 Å². The number of hydrogen-bond donors (Lipinski definition) is 2. The molecule has 0 aromatic carbocycles. The van der Waals surface area contributed by atoms with E-state index in [4.69, 9.17) is 5.73 Å². The van der Waals surface area contributed by atoms with Gasteiger partial charge in [0, 0.05) is 6.04 Å². The van der Waals surface area contributed by atoms with Gasteiger partial charge in [0.15, 0.2) is 0 Å². The van der Waals surface area contributed by atoms with E-state index in [0.717, 1.165) is 12.3 Å². The molecule has 2 heteroatoms. The number of hydrogen-bond acceptors (Lipinski definition) is 2. The monoisotopic (exact) mass is 156 g/mol. The summed E-state index contributed by atoms with van der Waals surface area (Å²) in [7, 11) is 0. The molecule has 0 amide bonds. The summed E-state index contributed by atoms with van der Waals surface area (Å²) in [5.74, 6) is 0.846. The molecular formula is C9H20N2. The van der Waals surface area contributed by atoms with E-state index in [0.29, 0.717) is 6.04 Å². The predicted molar refractivity (Wildman–Crippen MR) is 48.5 cm³/mol. The van der Waals surface area contributed by atoms with Crippen molar-refractivity contribution in [1.29, 1.82) is 0 Å². The zero-order valence-electron chi connectivity index (χ0n) is 7.47. The van der Waals surface area contributed by atoms with Crippen LogP contribution in [0.2, 0.25) is 0 Å². The highest BCUT2D eigenvalue weighted by Crippen LogP contribution is 2.15. The smallest absolute Gasteiger partial charge is 0.00393 e. The molecule has 0 aromatic heterocycles. The molecule has 0 bridgehead atoms. The first kappa shape index (κ1) is 9.01. The van der Waals surface area contributed by atoms with E-state index in [1.807, 2.05) is 0 Å². The summed E-state index contributed by atoms with van der Waals surface area (Å²) in [5.41, 5.74) is 5.88. The van der Waals surface area contributed by atoms with Gasteiger partial charge in [-0.1, -0.05) is 6.92 Å². The molecule has 0 saturated carbocycles. The zero-order chi connectivity index (χ0) is 8.10. The average Bonchev–Trinajstić information content (AvgIpc) is 2.06. The molecular weight excluding hydrogens is 136 g/mol. The molecule has 1 aliphatic heterocycles. The van der Waals surface area contributed by atoms with Crippen LogP contribution in [0.25, 0.3) is 0 Å². The van der Waals surface area contributed by atoms with Gasteiger partial charge < -0.3 is 11.1 Å². The molecule has 66 valence electrons. The van der Waals surface area contributed by atoms with Crippen LogP contribution in [0, 0.1) is 5.92 Å². The molecule has 0 spiro atoms. The third-order valence-corrected chi connectivity index (χ3v) is 2.56. The maximum Gasteiger partial charge on any atom is 0.00393 e. The molecule has 1 saturated heterocycles. The topological polar surface area (TPSA) is 38.0 Å². The molecule has 2 unspecified atom stereocenters. The quantitative estimate of drug-likeness (QED) is 0.642. The van der Waals surface area contributed by atoms with Crippen LogP contribution in [-0.4, -0.2) is 19.1 Å². The van der Waals surface area contributed by atoms with E-state index < -0.39 is 0 Å². The van der Waals surface area contributed by atoms with Gasteiger partial charge in [-0.15, -0.1) is 0 Å².